The topological polar surface area (TPSA) is 60.9 Å². The second kappa shape index (κ2) is 9.93. The Morgan fingerprint density at radius 3 is 2.54 bits per heavy atom. The van der Waals surface area contributed by atoms with Gasteiger partial charge in [0.05, 0.1) is 0 Å². The third-order valence-corrected chi connectivity index (χ3v) is 5.38. The van der Waals surface area contributed by atoms with Crippen molar-refractivity contribution in [3.63, 3.8) is 0 Å². The van der Waals surface area contributed by atoms with E-state index in [0.717, 1.165) is 51.0 Å². The summed E-state index contributed by atoms with van der Waals surface area (Å²) < 4.78 is 0. The van der Waals surface area contributed by atoms with Crippen molar-refractivity contribution in [1.82, 2.24) is 9.80 Å². The molecule has 1 aromatic carbocycles. The number of carboxylic acids is 1. The van der Waals surface area contributed by atoms with E-state index in [-0.39, 0.29) is 30.7 Å². The molecule has 0 aliphatic carbocycles. The average Bonchev–Trinajstić information content (AvgIpc) is 2.99. The van der Waals surface area contributed by atoms with Crippen LogP contribution in [0.4, 0.5) is 0 Å². The van der Waals surface area contributed by atoms with E-state index in [4.69, 9.17) is 5.11 Å². The minimum Gasteiger partial charge on any atom is -0.481 e. The molecular formula is C20H29ClN2O3. The predicted molar refractivity (Wildman–Crippen MR) is 104 cm³/mol. The quantitative estimate of drug-likeness (QED) is 0.850. The fourth-order valence-corrected chi connectivity index (χ4v) is 4.00. The fraction of sp³-hybridized carbons (Fsp3) is 0.600. The van der Waals surface area contributed by atoms with E-state index >= 15 is 0 Å². The summed E-state index contributed by atoms with van der Waals surface area (Å²) in [5.41, 5.74) is 1.96. The summed E-state index contributed by atoms with van der Waals surface area (Å²) in [7, 11) is 0. The molecule has 1 aromatic rings. The van der Waals surface area contributed by atoms with Gasteiger partial charge in [0.25, 0.3) is 5.91 Å². The smallest absolute Gasteiger partial charge is 0.303 e. The molecule has 144 valence electrons. The molecule has 1 unspecified atom stereocenters. The van der Waals surface area contributed by atoms with Crippen LogP contribution in [-0.2, 0) is 11.3 Å². The van der Waals surface area contributed by atoms with E-state index in [1.54, 1.807) is 0 Å². The number of carboxylic acid groups (broad SMARTS) is 1. The molecule has 2 fully saturated rings. The van der Waals surface area contributed by atoms with Gasteiger partial charge in [0.2, 0.25) is 0 Å². The number of halogens is 1. The maximum absolute atomic E-state index is 12.9. The number of carbonyl (C=O) groups is 2. The maximum Gasteiger partial charge on any atom is 0.303 e. The van der Waals surface area contributed by atoms with Crippen molar-refractivity contribution in [1.29, 1.82) is 0 Å². The molecule has 3 rings (SSSR count). The van der Waals surface area contributed by atoms with Gasteiger partial charge in [-0.1, -0.05) is 12.1 Å². The number of rotatable bonds is 5. The molecule has 1 atom stereocenters. The molecule has 2 heterocycles. The first-order valence-corrected chi connectivity index (χ1v) is 9.44. The van der Waals surface area contributed by atoms with Gasteiger partial charge in [-0.25, -0.2) is 0 Å². The van der Waals surface area contributed by atoms with Crippen LogP contribution in [0.15, 0.2) is 24.3 Å². The summed E-state index contributed by atoms with van der Waals surface area (Å²) in [5.74, 6) is -0.463. The second-order valence-corrected chi connectivity index (χ2v) is 7.37. The van der Waals surface area contributed by atoms with Gasteiger partial charge in [-0.05, 0) is 68.8 Å². The number of likely N-dealkylation sites (tertiary alicyclic amines) is 2. The minimum atomic E-state index is -0.737. The highest BCUT2D eigenvalue weighted by Gasteiger charge is 2.23. The average molecular weight is 381 g/mol. The standard InChI is InChI=1S/C20H28N2O3.ClH/c23-19(24)14-16-6-4-11-22(12-8-16)20(25)18-7-3-5-17(13-18)15-21-9-1-2-10-21;/h3,5,7,13,16H,1-2,4,6,8-12,14-15H2,(H,23,24);1H. The lowest BCUT2D eigenvalue weighted by atomic mass is 9.97. The molecule has 0 saturated carbocycles. The van der Waals surface area contributed by atoms with Gasteiger partial charge in [-0.15, -0.1) is 12.4 Å². The number of hydrogen-bond acceptors (Lipinski definition) is 3. The van der Waals surface area contributed by atoms with Crippen molar-refractivity contribution in [2.24, 2.45) is 5.92 Å². The lowest BCUT2D eigenvalue weighted by Gasteiger charge is -2.21. The van der Waals surface area contributed by atoms with Crippen LogP contribution in [0, 0.1) is 5.92 Å². The van der Waals surface area contributed by atoms with Crippen molar-refractivity contribution in [3.8, 4) is 0 Å². The molecule has 0 aromatic heterocycles. The Bertz CT molecular complexity index is 617. The van der Waals surface area contributed by atoms with Crippen LogP contribution in [0.5, 0.6) is 0 Å². The van der Waals surface area contributed by atoms with E-state index in [1.165, 1.54) is 18.4 Å². The predicted octanol–water partition coefficient (Wildman–Crippen LogP) is 3.42. The van der Waals surface area contributed by atoms with Gasteiger partial charge >= 0.3 is 5.97 Å². The van der Waals surface area contributed by atoms with Crippen LogP contribution < -0.4 is 0 Å². The van der Waals surface area contributed by atoms with Crippen molar-refractivity contribution in [2.75, 3.05) is 26.2 Å². The van der Waals surface area contributed by atoms with Crippen molar-refractivity contribution >= 4 is 24.3 Å². The Hall–Kier alpha value is -1.59. The zero-order valence-corrected chi connectivity index (χ0v) is 16.0. The Labute approximate surface area is 161 Å². The van der Waals surface area contributed by atoms with Gasteiger partial charge in [0.15, 0.2) is 0 Å². The Morgan fingerprint density at radius 2 is 1.81 bits per heavy atom. The van der Waals surface area contributed by atoms with Crippen molar-refractivity contribution < 1.29 is 14.7 Å². The highest BCUT2D eigenvalue weighted by Crippen LogP contribution is 2.22. The number of benzene rings is 1. The summed E-state index contributed by atoms with van der Waals surface area (Å²) in [4.78, 5) is 28.1. The van der Waals surface area contributed by atoms with Crippen LogP contribution in [-0.4, -0.2) is 53.0 Å². The monoisotopic (exact) mass is 380 g/mol. The molecule has 0 bridgehead atoms. The van der Waals surface area contributed by atoms with Crippen molar-refractivity contribution in [2.45, 2.75) is 45.1 Å². The molecule has 2 aliphatic rings. The fourth-order valence-electron chi connectivity index (χ4n) is 4.00. The molecular weight excluding hydrogens is 352 g/mol. The van der Waals surface area contributed by atoms with E-state index in [1.807, 2.05) is 23.1 Å². The number of carbonyl (C=O) groups excluding carboxylic acids is 1. The van der Waals surface area contributed by atoms with Crippen LogP contribution in [0.2, 0.25) is 0 Å². The lowest BCUT2D eigenvalue weighted by molar-refractivity contribution is -0.138. The molecule has 1 amide bonds. The Kier molecular flexibility index (Phi) is 7.91. The van der Waals surface area contributed by atoms with Gasteiger partial charge < -0.3 is 10.0 Å². The largest absolute Gasteiger partial charge is 0.481 e. The van der Waals surface area contributed by atoms with Crippen LogP contribution in [0.1, 0.15) is 54.4 Å². The van der Waals surface area contributed by atoms with E-state index in [2.05, 4.69) is 11.0 Å². The van der Waals surface area contributed by atoms with Crippen molar-refractivity contribution in [3.05, 3.63) is 35.4 Å². The highest BCUT2D eigenvalue weighted by molar-refractivity contribution is 5.94. The zero-order chi connectivity index (χ0) is 17.6. The number of amides is 1. The SMILES string of the molecule is Cl.O=C(O)CC1CCCN(C(=O)c2cccc(CN3CCCC3)c2)CC1. The zero-order valence-electron chi connectivity index (χ0n) is 15.2. The normalized spacial score (nSPS) is 21.1. The number of aliphatic carboxylic acids is 1. The summed E-state index contributed by atoms with van der Waals surface area (Å²) in [6.45, 7) is 4.60. The molecule has 0 spiro atoms. The Balaban J connectivity index is 0.00000243. The first-order valence-electron chi connectivity index (χ1n) is 9.44. The third kappa shape index (κ3) is 5.71. The molecule has 6 heteroatoms. The van der Waals surface area contributed by atoms with Crippen LogP contribution >= 0.6 is 12.4 Å². The van der Waals surface area contributed by atoms with Gasteiger partial charge in [-0.2, -0.15) is 0 Å². The van der Waals surface area contributed by atoms with E-state index < -0.39 is 5.97 Å². The van der Waals surface area contributed by atoms with Gasteiger partial charge in [0, 0.05) is 31.6 Å². The second-order valence-electron chi connectivity index (χ2n) is 7.37. The van der Waals surface area contributed by atoms with Crippen LogP contribution in [0.25, 0.3) is 0 Å². The molecule has 0 radical (unpaired) electrons. The van der Waals surface area contributed by atoms with Gasteiger partial charge in [-0.3, -0.25) is 14.5 Å². The molecule has 1 N–H and O–H groups in total. The highest BCUT2D eigenvalue weighted by atomic mass is 35.5. The third-order valence-electron chi connectivity index (χ3n) is 5.38. The van der Waals surface area contributed by atoms with E-state index in [0.29, 0.717) is 6.54 Å². The number of nitrogens with zero attached hydrogens (tertiary/aromatic N) is 2. The molecule has 26 heavy (non-hydrogen) atoms. The lowest BCUT2D eigenvalue weighted by Crippen LogP contribution is -2.32. The van der Waals surface area contributed by atoms with Gasteiger partial charge in [0.1, 0.15) is 0 Å². The van der Waals surface area contributed by atoms with Crippen LogP contribution in [0.3, 0.4) is 0 Å². The summed E-state index contributed by atoms with van der Waals surface area (Å²) in [6, 6.07) is 8.00. The summed E-state index contributed by atoms with van der Waals surface area (Å²) in [6.07, 6.45) is 5.31. The first kappa shape index (κ1) is 20.7. The minimum absolute atomic E-state index is 0. The maximum atomic E-state index is 12.9. The van der Waals surface area contributed by atoms with E-state index in [9.17, 15) is 9.59 Å². The summed E-state index contributed by atoms with van der Waals surface area (Å²) >= 11 is 0. The number of hydrogen-bond donors (Lipinski definition) is 1. The first-order chi connectivity index (χ1) is 12.1. The molecule has 5 nitrogen and oxygen atoms in total. The molecule has 2 saturated heterocycles. The summed E-state index contributed by atoms with van der Waals surface area (Å²) in [5, 5.41) is 8.97. The molecule has 2 aliphatic heterocycles. The Morgan fingerprint density at radius 1 is 1.04 bits per heavy atom.